The van der Waals surface area contributed by atoms with E-state index in [0.29, 0.717) is 16.9 Å². The van der Waals surface area contributed by atoms with Crippen LogP contribution in [0.25, 0.3) is 11.0 Å². The molecule has 0 radical (unpaired) electrons. The van der Waals surface area contributed by atoms with Crippen LogP contribution >= 0.6 is 0 Å². The van der Waals surface area contributed by atoms with Gasteiger partial charge in [0.05, 0.1) is 12.5 Å². The van der Waals surface area contributed by atoms with Crippen molar-refractivity contribution in [2.24, 2.45) is 5.41 Å². The average Bonchev–Trinajstić information content (AvgIpc) is 3.04. The summed E-state index contributed by atoms with van der Waals surface area (Å²) in [7, 11) is 1.59. The van der Waals surface area contributed by atoms with Crippen LogP contribution < -0.4 is 15.6 Å². The van der Waals surface area contributed by atoms with E-state index in [4.69, 9.17) is 4.74 Å². The second kappa shape index (κ2) is 7.00. The van der Waals surface area contributed by atoms with Gasteiger partial charge in [0.25, 0.3) is 5.56 Å². The van der Waals surface area contributed by atoms with Crippen molar-refractivity contribution < 1.29 is 9.53 Å². The van der Waals surface area contributed by atoms with Crippen LogP contribution in [0.1, 0.15) is 26.3 Å². The molecule has 1 aromatic carbocycles. The van der Waals surface area contributed by atoms with Crippen molar-refractivity contribution in [3.05, 3.63) is 52.6 Å². The highest BCUT2D eigenvalue weighted by Crippen LogP contribution is 2.18. The SMILES string of the molecule is COc1ccc(C#Cn2cnc3[nH]c(NC(=O)C(C)(C)C)cc3c2=O)cc1. The maximum atomic E-state index is 12.6. The van der Waals surface area contributed by atoms with Gasteiger partial charge < -0.3 is 15.0 Å². The molecule has 7 heteroatoms. The predicted octanol–water partition coefficient (Wildman–Crippen LogP) is 2.58. The van der Waals surface area contributed by atoms with Gasteiger partial charge >= 0.3 is 0 Å². The molecule has 138 valence electrons. The number of carbonyl (C=O) groups excluding carboxylic acids is 1. The van der Waals surface area contributed by atoms with Crippen LogP contribution in [0.15, 0.2) is 41.5 Å². The minimum Gasteiger partial charge on any atom is -0.497 e. The van der Waals surface area contributed by atoms with Crippen LogP contribution in [0.3, 0.4) is 0 Å². The molecule has 3 aromatic rings. The van der Waals surface area contributed by atoms with Crippen molar-refractivity contribution in [3.8, 4) is 17.7 Å². The van der Waals surface area contributed by atoms with E-state index >= 15 is 0 Å². The van der Waals surface area contributed by atoms with E-state index in [1.165, 1.54) is 10.9 Å². The summed E-state index contributed by atoms with van der Waals surface area (Å²) in [6, 6.07) is 11.6. The Labute approximate surface area is 156 Å². The van der Waals surface area contributed by atoms with Crippen molar-refractivity contribution in [2.75, 3.05) is 12.4 Å². The molecule has 2 N–H and O–H groups in total. The Morgan fingerprint density at radius 2 is 1.96 bits per heavy atom. The summed E-state index contributed by atoms with van der Waals surface area (Å²) in [4.78, 5) is 31.9. The molecule has 0 aliphatic carbocycles. The van der Waals surface area contributed by atoms with Crippen LogP contribution in [0.4, 0.5) is 5.82 Å². The summed E-state index contributed by atoms with van der Waals surface area (Å²) in [5.41, 5.74) is 0.282. The number of fused-ring (bicyclic) bond motifs is 1. The molecule has 3 rings (SSSR count). The zero-order chi connectivity index (χ0) is 19.6. The van der Waals surface area contributed by atoms with Gasteiger partial charge in [0.2, 0.25) is 5.91 Å². The normalized spacial score (nSPS) is 11.0. The van der Waals surface area contributed by atoms with Crippen LogP contribution in [-0.2, 0) is 4.79 Å². The van der Waals surface area contributed by atoms with Crippen LogP contribution in [-0.4, -0.2) is 27.6 Å². The minimum atomic E-state index is -0.547. The Hall–Kier alpha value is -3.53. The molecular weight excluding hydrogens is 344 g/mol. The lowest BCUT2D eigenvalue weighted by Crippen LogP contribution is -2.27. The van der Waals surface area contributed by atoms with E-state index in [1.807, 2.05) is 20.8 Å². The lowest BCUT2D eigenvalue weighted by molar-refractivity contribution is -0.123. The number of H-pyrrole nitrogens is 1. The number of hydrogen-bond acceptors (Lipinski definition) is 4. The third-order valence-electron chi connectivity index (χ3n) is 3.89. The molecule has 0 fully saturated rings. The Morgan fingerprint density at radius 1 is 1.26 bits per heavy atom. The Bertz CT molecular complexity index is 1110. The van der Waals surface area contributed by atoms with Gasteiger partial charge in [-0.25, -0.2) is 9.55 Å². The molecule has 0 spiro atoms. The van der Waals surface area contributed by atoms with Gasteiger partial charge in [-0.05, 0) is 36.3 Å². The second-order valence-corrected chi connectivity index (χ2v) is 7.03. The summed E-state index contributed by atoms with van der Waals surface area (Å²) >= 11 is 0. The number of benzene rings is 1. The number of hydrogen-bond donors (Lipinski definition) is 2. The van der Waals surface area contributed by atoms with Crippen LogP contribution in [0.5, 0.6) is 5.75 Å². The summed E-state index contributed by atoms with van der Waals surface area (Å²) in [6.07, 6.45) is 1.35. The van der Waals surface area contributed by atoms with Crippen molar-refractivity contribution in [3.63, 3.8) is 0 Å². The van der Waals surface area contributed by atoms with Gasteiger partial charge in [0, 0.05) is 17.0 Å². The number of aromatic amines is 1. The Morgan fingerprint density at radius 3 is 2.59 bits per heavy atom. The van der Waals surface area contributed by atoms with E-state index in [0.717, 1.165) is 11.3 Å². The smallest absolute Gasteiger partial charge is 0.274 e. The molecule has 0 bridgehead atoms. The third-order valence-corrected chi connectivity index (χ3v) is 3.89. The number of nitrogens with one attached hydrogen (secondary N) is 2. The molecular formula is C20H20N4O3. The number of aromatic nitrogens is 3. The zero-order valence-electron chi connectivity index (χ0n) is 15.6. The minimum absolute atomic E-state index is 0.159. The van der Waals surface area contributed by atoms with E-state index in [-0.39, 0.29) is 11.5 Å². The first kappa shape index (κ1) is 18.3. The van der Waals surface area contributed by atoms with Gasteiger partial charge in [-0.2, -0.15) is 0 Å². The molecule has 0 atom stereocenters. The van der Waals surface area contributed by atoms with Crippen molar-refractivity contribution >= 4 is 22.8 Å². The number of amides is 1. The predicted molar refractivity (Wildman–Crippen MR) is 104 cm³/mol. The van der Waals surface area contributed by atoms with Crippen molar-refractivity contribution in [1.29, 1.82) is 0 Å². The van der Waals surface area contributed by atoms with E-state index in [1.54, 1.807) is 37.4 Å². The summed E-state index contributed by atoms with van der Waals surface area (Å²) in [5.74, 6) is 3.92. The molecule has 0 saturated carbocycles. The fourth-order valence-corrected chi connectivity index (χ4v) is 2.26. The van der Waals surface area contributed by atoms with Gasteiger partial charge in [-0.3, -0.25) is 9.59 Å². The molecule has 2 aromatic heterocycles. The van der Waals surface area contributed by atoms with E-state index < -0.39 is 5.41 Å². The monoisotopic (exact) mass is 364 g/mol. The summed E-state index contributed by atoms with van der Waals surface area (Å²) in [5, 5.41) is 3.11. The lowest BCUT2D eigenvalue weighted by Gasteiger charge is -2.16. The highest BCUT2D eigenvalue weighted by Gasteiger charge is 2.22. The van der Waals surface area contributed by atoms with E-state index in [2.05, 4.69) is 27.2 Å². The second-order valence-electron chi connectivity index (χ2n) is 7.03. The number of ether oxygens (including phenoxy) is 1. The van der Waals surface area contributed by atoms with Gasteiger partial charge in [0.15, 0.2) is 0 Å². The Kier molecular flexibility index (Phi) is 4.74. The zero-order valence-corrected chi connectivity index (χ0v) is 15.6. The van der Waals surface area contributed by atoms with Crippen molar-refractivity contribution in [1.82, 2.24) is 14.5 Å². The molecule has 27 heavy (non-hydrogen) atoms. The molecule has 0 aliphatic heterocycles. The maximum Gasteiger partial charge on any atom is 0.274 e. The molecule has 0 aliphatic rings. The molecule has 0 unspecified atom stereocenters. The third kappa shape index (κ3) is 4.01. The number of rotatable bonds is 2. The lowest BCUT2D eigenvalue weighted by atomic mass is 9.96. The first-order valence-corrected chi connectivity index (χ1v) is 8.36. The number of anilines is 1. The molecule has 2 heterocycles. The highest BCUT2D eigenvalue weighted by molar-refractivity contribution is 5.96. The summed E-state index contributed by atoms with van der Waals surface area (Å²) < 4.78 is 6.32. The maximum absolute atomic E-state index is 12.6. The Balaban J connectivity index is 1.90. The fourth-order valence-electron chi connectivity index (χ4n) is 2.26. The average molecular weight is 364 g/mol. The fraction of sp³-hybridized carbons (Fsp3) is 0.250. The molecule has 1 amide bonds. The van der Waals surface area contributed by atoms with E-state index in [9.17, 15) is 9.59 Å². The van der Waals surface area contributed by atoms with Gasteiger partial charge in [-0.1, -0.05) is 20.8 Å². The first-order chi connectivity index (χ1) is 12.8. The van der Waals surface area contributed by atoms with Crippen molar-refractivity contribution in [2.45, 2.75) is 20.8 Å². The van der Waals surface area contributed by atoms with Crippen LogP contribution in [0.2, 0.25) is 0 Å². The largest absolute Gasteiger partial charge is 0.497 e. The molecule has 7 nitrogen and oxygen atoms in total. The number of carbonyl (C=O) groups is 1. The number of methoxy groups -OCH3 is 1. The van der Waals surface area contributed by atoms with Crippen LogP contribution in [0, 0.1) is 17.4 Å². The number of nitrogens with zero attached hydrogens (tertiary/aromatic N) is 2. The van der Waals surface area contributed by atoms with Gasteiger partial charge in [-0.15, -0.1) is 0 Å². The molecule has 0 saturated heterocycles. The highest BCUT2D eigenvalue weighted by atomic mass is 16.5. The first-order valence-electron chi connectivity index (χ1n) is 8.36. The topological polar surface area (TPSA) is 89.0 Å². The van der Waals surface area contributed by atoms with Gasteiger partial charge in [0.1, 0.15) is 23.5 Å². The quantitative estimate of drug-likeness (QED) is 0.684. The summed E-state index contributed by atoms with van der Waals surface area (Å²) in [6.45, 7) is 5.43. The standard InChI is InChI=1S/C20H20N4O3/c1-20(2,3)19(26)23-16-11-15-17(22-16)21-12-24(18(15)25)10-9-13-5-7-14(27-4)8-6-13/h5-8,11-12,22H,1-4H3,(H,23,26).